The first kappa shape index (κ1) is 10.6. The van der Waals surface area contributed by atoms with Crippen LogP contribution in [-0.2, 0) is 9.59 Å². The van der Waals surface area contributed by atoms with Gasteiger partial charge in [0.2, 0.25) is 0 Å². The zero-order valence-electron chi connectivity index (χ0n) is 6.49. The van der Waals surface area contributed by atoms with E-state index in [1.807, 2.05) is 0 Å². The first-order valence-electron chi connectivity index (χ1n) is 3.30. The van der Waals surface area contributed by atoms with Crippen LogP contribution in [0.5, 0.6) is 0 Å². The molecular formula is C7H11NO4. The standard InChI is InChI=1S/C7H11NO4/c1-2-7(8,6(11)12)4-3-5(9)10/h2H,1,3-4,8H2,(H,9,10)(H,11,12). The zero-order valence-corrected chi connectivity index (χ0v) is 6.49. The van der Waals surface area contributed by atoms with E-state index in [9.17, 15) is 9.59 Å². The summed E-state index contributed by atoms with van der Waals surface area (Å²) in [6.07, 6.45) is 0.605. The molecule has 0 fully saturated rings. The predicted molar refractivity (Wildman–Crippen MR) is 41.6 cm³/mol. The number of carboxylic acid groups (broad SMARTS) is 2. The number of carboxylic acids is 2. The second-order valence-corrected chi connectivity index (χ2v) is 2.44. The molecule has 0 rings (SSSR count). The molecule has 0 bridgehead atoms. The van der Waals surface area contributed by atoms with Gasteiger partial charge in [-0.15, -0.1) is 6.58 Å². The molecule has 0 aromatic carbocycles. The fourth-order valence-electron chi connectivity index (χ4n) is 0.610. The van der Waals surface area contributed by atoms with Crippen LogP contribution in [0.4, 0.5) is 0 Å². The Kier molecular flexibility index (Phi) is 3.43. The molecule has 68 valence electrons. The summed E-state index contributed by atoms with van der Waals surface area (Å²) >= 11 is 0. The summed E-state index contributed by atoms with van der Waals surface area (Å²) in [6.45, 7) is 3.23. The number of rotatable bonds is 5. The van der Waals surface area contributed by atoms with Gasteiger partial charge >= 0.3 is 11.9 Å². The van der Waals surface area contributed by atoms with Crippen molar-refractivity contribution in [1.29, 1.82) is 0 Å². The van der Waals surface area contributed by atoms with Crippen molar-refractivity contribution in [1.82, 2.24) is 0 Å². The minimum absolute atomic E-state index is 0.152. The van der Waals surface area contributed by atoms with Gasteiger partial charge in [0.05, 0.1) is 0 Å². The van der Waals surface area contributed by atoms with Gasteiger partial charge in [-0.3, -0.25) is 4.79 Å². The molecule has 0 amide bonds. The number of carbonyl (C=O) groups is 2. The first-order chi connectivity index (χ1) is 5.42. The normalized spacial score (nSPS) is 14.8. The molecule has 0 aromatic heterocycles. The molecule has 12 heavy (non-hydrogen) atoms. The summed E-state index contributed by atoms with van der Waals surface area (Å²) in [5, 5.41) is 16.8. The summed E-state index contributed by atoms with van der Waals surface area (Å²) in [5.74, 6) is -2.34. The van der Waals surface area contributed by atoms with Crippen molar-refractivity contribution in [3.63, 3.8) is 0 Å². The van der Waals surface area contributed by atoms with Crippen LogP contribution in [0, 0.1) is 0 Å². The van der Waals surface area contributed by atoms with E-state index in [0.717, 1.165) is 6.08 Å². The molecule has 0 aromatic rings. The molecule has 0 aliphatic rings. The van der Waals surface area contributed by atoms with Gasteiger partial charge in [-0.2, -0.15) is 0 Å². The van der Waals surface area contributed by atoms with Crippen molar-refractivity contribution in [2.24, 2.45) is 5.73 Å². The molecule has 0 saturated heterocycles. The highest BCUT2D eigenvalue weighted by molar-refractivity contribution is 5.81. The van der Waals surface area contributed by atoms with Crippen molar-refractivity contribution in [2.75, 3.05) is 0 Å². The number of nitrogens with two attached hydrogens (primary N) is 1. The number of hydrogen-bond acceptors (Lipinski definition) is 3. The van der Waals surface area contributed by atoms with E-state index in [1.165, 1.54) is 0 Å². The van der Waals surface area contributed by atoms with Gasteiger partial charge in [-0.05, 0) is 6.42 Å². The van der Waals surface area contributed by atoms with E-state index in [4.69, 9.17) is 15.9 Å². The third-order valence-corrected chi connectivity index (χ3v) is 1.51. The summed E-state index contributed by atoms with van der Waals surface area (Å²) in [7, 11) is 0. The lowest BCUT2D eigenvalue weighted by atomic mass is 9.95. The number of hydrogen-bond donors (Lipinski definition) is 3. The Labute approximate surface area is 69.5 Å². The third kappa shape index (κ3) is 2.71. The number of aliphatic carboxylic acids is 2. The highest BCUT2D eigenvalue weighted by atomic mass is 16.4. The van der Waals surface area contributed by atoms with Gasteiger partial charge in [0, 0.05) is 6.42 Å². The third-order valence-electron chi connectivity index (χ3n) is 1.51. The fraction of sp³-hybridized carbons (Fsp3) is 0.429. The van der Waals surface area contributed by atoms with Crippen molar-refractivity contribution in [3.05, 3.63) is 12.7 Å². The minimum Gasteiger partial charge on any atom is -0.481 e. The summed E-state index contributed by atoms with van der Waals surface area (Å²) in [5.41, 5.74) is 3.68. The van der Waals surface area contributed by atoms with E-state index in [-0.39, 0.29) is 12.8 Å². The highest BCUT2D eigenvalue weighted by Gasteiger charge is 2.30. The Morgan fingerprint density at radius 1 is 1.50 bits per heavy atom. The molecule has 5 nitrogen and oxygen atoms in total. The van der Waals surface area contributed by atoms with Crippen LogP contribution in [0.1, 0.15) is 12.8 Å². The topological polar surface area (TPSA) is 101 Å². The molecule has 0 spiro atoms. The Hall–Kier alpha value is -1.36. The first-order valence-corrected chi connectivity index (χ1v) is 3.30. The Morgan fingerprint density at radius 3 is 2.25 bits per heavy atom. The Balaban J connectivity index is 4.25. The van der Waals surface area contributed by atoms with Crippen LogP contribution in [0.15, 0.2) is 12.7 Å². The lowest BCUT2D eigenvalue weighted by molar-refractivity contribution is -0.142. The van der Waals surface area contributed by atoms with Crippen molar-refractivity contribution in [2.45, 2.75) is 18.4 Å². The zero-order chi connectivity index (χ0) is 9.78. The fourth-order valence-corrected chi connectivity index (χ4v) is 0.610. The van der Waals surface area contributed by atoms with Gasteiger partial charge in [0.25, 0.3) is 0 Å². The van der Waals surface area contributed by atoms with Crippen molar-refractivity contribution < 1.29 is 19.8 Å². The molecule has 0 aliphatic heterocycles. The molecule has 1 unspecified atom stereocenters. The van der Waals surface area contributed by atoms with E-state index in [2.05, 4.69) is 6.58 Å². The largest absolute Gasteiger partial charge is 0.481 e. The van der Waals surface area contributed by atoms with Crippen molar-refractivity contribution >= 4 is 11.9 Å². The van der Waals surface area contributed by atoms with Crippen LogP contribution in [-0.4, -0.2) is 27.7 Å². The maximum absolute atomic E-state index is 10.5. The molecular weight excluding hydrogens is 162 g/mol. The summed E-state index contributed by atoms with van der Waals surface area (Å²) in [6, 6.07) is 0. The molecule has 4 N–H and O–H groups in total. The molecule has 0 aliphatic carbocycles. The van der Waals surface area contributed by atoms with Gasteiger partial charge in [-0.1, -0.05) is 6.08 Å². The Morgan fingerprint density at radius 2 is 2.00 bits per heavy atom. The average Bonchev–Trinajstić information content (AvgIpc) is 1.99. The van der Waals surface area contributed by atoms with E-state index in [0.29, 0.717) is 0 Å². The second-order valence-electron chi connectivity index (χ2n) is 2.44. The molecule has 0 radical (unpaired) electrons. The van der Waals surface area contributed by atoms with Crippen LogP contribution in [0.3, 0.4) is 0 Å². The van der Waals surface area contributed by atoms with Crippen LogP contribution in [0.25, 0.3) is 0 Å². The molecule has 1 atom stereocenters. The molecule has 0 heterocycles. The predicted octanol–water partition coefficient (Wildman–Crippen LogP) is -0.181. The molecule has 0 saturated carbocycles. The smallest absolute Gasteiger partial charge is 0.327 e. The average molecular weight is 173 g/mol. The van der Waals surface area contributed by atoms with Gasteiger partial charge < -0.3 is 15.9 Å². The van der Waals surface area contributed by atoms with Crippen LogP contribution < -0.4 is 5.73 Å². The molecule has 5 heteroatoms. The summed E-state index contributed by atoms with van der Waals surface area (Å²) in [4.78, 5) is 20.6. The highest BCUT2D eigenvalue weighted by Crippen LogP contribution is 2.10. The van der Waals surface area contributed by atoms with Gasteiger partial charge in [0.15, 0.2) is 0 Å². The Bertz CT molecular complexity index is 213. The van der Waals surface area contributed by atoms with Crippen LogP contribution >= 0.6 is 0 Å². The maximum atomic E-state index is 10.5. The SMILES string of the molecule is C=CC(N)(CCC(=O)O)C(=O)O. The van der Waals surface area contributed by atoms with Crippen molar-refractivity contribution in [3.8, 4) is 0 Å². The van der Waals surface area contributed by atoms with E-state index < -0.39 is 17.5 Å². The van der Waals surface area contributed by atoms with Gasteiger partial charge in [-0.25, -0.2) is 4.79 Å². The lowest BCUT2D eigenvalue weighted by Crippen LogP contribution is -2.46. The quantitative estimate of drug-likeness (QED) is 0.500. The monoisotopic (exact) mass is 173 g/mol. The second kappa shape index (κ2) is 3.87. The maximum Gasteiger partial charge on any atom is 0.327 e. The summed E-state index contributed by atoms with van der Waals surface area (Å²) < 4.78 is 0. The van der Waals surface area contributed by atoms with Crippen LogP contribution in [0.2, 0.25) is 0 Å². The lowest BCUT2D eigenvalue weighted by Gasteiger charge is -2.18. The van der Waals surface area contributed by atoms with E-state index in [1.54, 1.807) is 0 Å². The van der Waals surface area contributed by atoms with E-state index >= 15 is 0 Å². The minimum atomic E-state index is -1.63. The van der Waals surface area contributed by atoms with Gasteiger partial charge in [0.1, 0.15) is 5.54 Å².